The van der Waals surface area contributed by atoms with Crippen LogP contribution in [-0.2, 0) is 16.1 Å². The molecule has 6 nitrogen and oxygen atoms in total. The number of nitrogens with zero attached hydrogens (tertiary/aromatic N) is 1. The lowest BCUT2D eigenvalue weighted by Gasteiger charge is -2.06. The second kappa shape index (κ2) is 6.07. The van der Waals surface area contributed by atoms with Gasteiger partial charge in [0.05, 0.1) is 5.69 Å². The maximum Gasteiger partial charge on any atom is 0.223 e. The zero-order valence-electron chi connectivity index (χ0n) is 12.2. The molecule has 20 heavy (non-hydrogen) atoms. The van der Waals surface area contributed by atoms with Gasteiger partial charge in [-0.1, -0.05) is 12.1 Å². The topological polar surface area (TPSA) is 84.2 Å². The number of carbonyl (C=O) groups is 2. The Labute approximate surface area is 118 Å². The third-order valence-corrected chi connectivity index (χ3v) is 3.74. The predicted molar refractivity (Wildman–Crippen MR) is 72.7 cm³/mol. The smallest absolute Gasteiger partial charge is 0.223 e. The molecule has 1 aliphatic rings. The van der Waals surface area contributed by atoms with E-state index in [-0.39, 0.29) is 24.2 Å². The van der Waals surface area contributed by atoms with Crippen LogP contribution in [-0.4, -0.2) is 23.5 Å². The molecule has 0 aromatic carbocycles. The minimum absolute atomic E-state index is 0.0658. The van der Waals surface area contributed by atoms with Crippen molar-refractivity contribution in [3.63, 3.8) is 0 Å². The highest BCUT2D eigenvalue weighted by Gasteiger charge is 2.38. The zero-order chi connectivity index (χ0) is 14.7. The summed E-state index contributed by atoms with van der Waals surface area (Å²) in [7, 11) is 0. The molecule has 0 spiro atoms. The van der Waals surface area contributed by atoms with Gasteiger partial charge in [0.2, 0.25) is 11.8 Å². The van der Waals surface area contributed by atoms with Crippen molar-refractivity contribution in [3.05, 3.63) is 17.0 Å². The number of nitrogens with one attached hydrogen (secondary N) is 2. The lowest BCUT2D eigenvalue weighted by atomic mass is 10.2. The Hall–Kier alpha value is -1.85. The average Bonchev–Trinajstić information content (AvgIpc) is 3.05. The van der Waals surface area contributed by atoms with Gasteiger partial charge in [0.25, 0.3) is 0 Å². The van der Waals surface area contributed by atoms with Crippen molar-refractivity contribution in [3.8, 4) is 0 Å². The van der Waals surface area contributed by atoms with Gasteiger partial charge in [-0.2, -0.15) is 0 Å². The first kappa shape index (κ1) is 14.6. The Morgan fingerprint density at radius 2 is 2.05 bits per heavy atom. The Bertz CT molecular complexity index is 490. The molecule has 110 valence electrons. The molecule has 0 aliphatic heterocycles. The van der Waals surface area contributed by atoms with Gasteiger partial charge in [-0.25, -0.2) is 0 Å². The first-order valence-electron chi connectivity index (χ1n) is 6.95. The lowest BCUT2D eigenvalue weighted by Crippen LogP contribution is -2.31. The molecule has 0 bridgehead atoms. The molecule has 6 heteroatoms. The summed E-state index contributed by atoms with van der Waals surface area (Å²) in [5, 5.41) is 9.42. The van der Waals surface area contributed by atoms with E-state index in [4.69, 9.17) is 4.52 Å². The molecule has 2 unspecified atom stereocenters. The van der Waals surface area contributed by atoms with E-state index in [1.165, 1.54) is 0 Å². The quantitative estimate of drug-likeness (QED) is 0.815. The number of amides is 2. The van der Waals surface area contributed by atoms with E-state index in [9.17, 15) is 9.59 Å². The molecule has 1 aromatic heterocycles. The maximum absolute atomic E-state index is 11.7. The molecule has 1 heterocycles. The minimum atomic E-state index is -0.0888. The van der Waals surface area contributed by atoms with E-state index in [2.05, 4.69) is 22.7 Å². The van der Waals surface area contributed by atoms with Crippen molar-refractivity contribution in [2.75, 3.05) is 6.54 Å². The van der Waals surface area contributed by atoms with Crippen LogP contribution in [0.4, 0.5) is 0 Å². The molecular weight excluding hydrogens is 258 g/mol. The van der Waals surface area contributed by atoms with Gasteiger partial charge in [-0.05, 0) is 26.2 Å². The van der Waals surface area contributed by atoms with Gasteiger partial charge in [0, 0.05) is 31.0 Å². The zero-order valence-corrected chi connectivity index (χ0v) is 12.2. The Balaban J connectivity index is 1.64. The summed E-state index contributed by atoms with van der Waals surface area (Å²) in [5.41, 5.74) is 1.70. The van der Waals surface area contributed by atoms with Crippen molar-refractivity contribution >= 4 is 11.8 Å². The van der Waals surface area contributed by atoms with Gasteiger partial charge < -0.3 is 15.2 Å². The van der Waals surface area contributed by atoms with E-state index in [1.807, 2.05) is 13.8 Å². The Kier molecular flexibility index (Phi) is 4.42. The van der Waals surface area contributed by atoms with Crippen molar-refractivity contribution in [2.45, 2.75) is 40.2 Å². The number of carbonyl (C=O) groups excluding carboxylic acids is 2. The van der Waals surface area contributed by atoms with Crippen LogP contribution in [0, 0.1) is 25.7 Å². The third kappa shape index (κ3) is 3.59. The summed E-state index contributed by atoms with van der Waals surface area (Å²) < 4.78 is 5.03. The van der Waals surface area contributed by atoms with Gasteiger partial charge in [0.1, 0.15) is 5.76 Å². The summed E-state index contributed by atoms with van der Waals surface area (Å²) in [6.45, 7) is 6.51. The molecule has 0 saturated heterocycles. The highest BCUT2D eigenvalue weighted by atomic mass is 16.5. The van der Waals surface area contributed by atoms with Crippen molar-refractivity contribution in [2.24, 2.45) is 11.8 Å². The number of hydrogen-bond acceptors (Lipinski definition) is 4. The maximum atomic E-state index is 11.7. The van der Waals surface area contributed by atoms with Gasteiger partial charge in [-0.3, -0.25) is 9.59 Å². The van der Waals surface area contributed by atoms with E-state index in [0.717, 1.165) is 23.4 Å². The van der Waals surface area contributed by atoms with Gasteiger partial charge in [-0.15, -0.1) is 0 Å². The van der Waals surface area contributed by atoms with Crippen LogP contribution in [0.3, 0.4) is 0 Å². The average molecular weight is 279 g/mol. The van der Waals surface area contributed by atoms with Crippen LogP contribution in [0.5, 0.6) is 0 Å². The fourth-order valence-corrected chi connectivity index (χ4v) is 2.15. The second-order valence-corrected chi connectivity index (χ2v) is 5.44. The number of aryl methyl sites for hydroxylation is 2. The normalized spacial score (nSPS) is 20.6. The van der Waals surface area contributed by atoms with E-state index in [0.29, 0.717) is 19.0 Å². The third-order valence-electron chi connectivity index (χ3n) is 3.74. The molecule has 1 aromatic rings. The van der Waals surface area contributed by atoms with Crippen molar-refractivity contribution in [1.29, 1.82) is 0 Å². The van der Waals surface area contributed by atoms with Crippen molar-refractivity contribution in [1.82, 2.24) is 15.8 Å². The summed E-state index contributed by atoms with van der Waals surface area (Å²) >= 11 is 0. The Morgan fingerprint density at radius 3 is 2.60 bits per heavy atom. The summed E-state index contributed by atoms with van der Waals surface area (Å²) in [4.78, 5) is 23.2. The monoisotopic (exact) mass is 279 g/mol. The first-order valence-corrected chi connectivity index (χ1v) is 6.95. The molecule has 0 radical (unpaired) electrons. The Morgan fingerprint density at radius 1 is 1.35 bits per heavy atom. The first-order chi connectivity index (χ1) is 9.49. The molecule has 2 rings (SSSR count). The second-order valence-electron chi connectivity index (χ2n) is 5.44. The van der Waals surface area contributed by atoms with Crippen LogP contribution in [0.1, 0.15) is 36.8 Å². The van der Waals surface area contributed by atoms with E-state index in [1.54, 1.807) is 0 Å². The molecular formula is C14H21N3O3. The molecule has 2 atom stereocenters. The van der Waals surface area contributed by atoms with Crippen LogP contribution in [0.25, 0.3) is 0 Å². The van der Waals surface area contributed by atoms with Crippen molar-refractivity contribution < 1.29 is 14.1 Å². The highest BCUT2D eigenvalue weighted by molar-refractivity contribution is 5.82. The van der Waals surface area contributed by atoms with Crippen LogP contribution in [0.15, 0.2) is 4.52 Å². The van der Waals surface area contributed by atoms with Crippen LogP contribution < -0.4 is 10.6 Å². The SMILES string of the molecule is Cc1noc(C)c1CNC(=O)CCNC(=O)C1CC1C. The van der Waals surface area contributed by atoms with Crippen LogP contribution in [0.2, 0.25) is 0 Å². The van der Waals surface area contributed by atoms with E-state index >= 15 is 0 Å². The minimum Gasteiger partial charge on any atom is -0.361 e. The van der Waals surface area contributed by atoms with Gasteiger partial charge >= 0.3 is 0 Å². The molecule has 1 aliphatic carbocycles. The fourth-order valence-electron chi connectivity index (χ4n) is 2.15. The molecule has 1 fully saturated rings. The number of aromatic nitrogens is 1. The summed E-state index contributed by atoms with van der Waals surface area (Å²) in [6.07, 6.45) is 1.25. The highest BCUT2D eigenvalue weighted by Crippen LogP contribution is 2.37. The fraction of sp³-hybridized carbons (Fsp3) is 0.643. The largest absolute Gasteiger partial charge is 0.361 e. The predicted octanol–water partition coefficient (Wildman–Crippen LogP) is 1.07. The number of rotatable bonds is 6. The standard InChI is InChI=1S/C14H21N3O3/c1-8-6-11(8)14(19)15-5-4-13(18)16-7-12-9(2)17-20-10(12)3/h8,11H,4-7H2,1-3H3,(H,15,19)(H,16,18). The summed E-state index contributed by atoms with van der Waals surface area (Å²) in [6, 6.07) is 0. The molecule has 1 saturated carbocycles. The number of hydrogen-bond donors (Lipinski definition) is 2. The van der Waals surface area contributed by atoms with Crippen LogP contribution >= 0.6 is 0 Å². The van der Waals surface area contributed by atoms with E-state index < -0.39 is 0 Å². The summed E-state index contributed by atoms with van der Waals surface area (Å²) in [5.74, 6) is 1.34. The molecule has 2 N–H and O–H groups in total. The lowest BCUT2D eigenvalue weighted by molar-refractivity contribution is -0.123. The molecule has 2 amide bonds. The van der Waals surface area contributed by atoms with Gasteiger partial charge in [0.15, 0.2) is 0 Å².